The Morgan fingerprint density at radius 1 is 1.44 bits per heavy atom. The van der Waals surface area contributed by atoms with Crippen LogP contribution < -0.4 is 10.1 Å². The molecule has 0 fully saturated rings. The zero-order valence-corrected chi connectivity index (χ0v) is 10.5. The Kier molecular flexibility index (Phi) is 2.97. The second-order valence-corrected chi connectivity index (χ2v) is 4.70. The Morgan fingerprint density at radius 3 is 3.11 bits per heavy atom. The molecular formula is C14H18N2O2. The summed E-state index contributed by atoms with van der Waals surface area (Å²) in [5.41, 5.74) is 3.73. The average molecular weight is 246 g/mol. The maximum Gasteiger partial charge on any atom is 0.119 e. The summed E-state index contributed by atoms with van der Waals surface area (Å²) >= 11 is 0. The Balaban J connectivity index is 2.12. The van der Waals surface area contributed by atoms with Crippen molar-refractivity contribution in [2.45, 2.75) is 18.9 Å². The molecule has 2 aromatic rings. The minimum Gasteiger partial charge on any atom is -0.497 e. The standard InChI is InChI=1S/C14H18N2O2/c1-18-9-2-3-12-11(8-9)10-4-6-15-13(5-7-17)14(10)16-12/h2-3,8,13,15-17H,4-7H2,1H3. The van der Waals surface area contributed by atoms with Crippen molar-refractivity contribution in [2.24, 2.45) is 0 Å². The van der Waals surface area contributed by atoms with Crippen molar-refractivity contribution in [3.05, 3.63) is 29.5 Å². The van der Waals surface area contributed by atoms with Crippen molar-refractivity contribution in [3.8, 4) is 5.75 Å². The molecule has 1 aliphatic heterocycles. The molecule has 4 heteroatoms. The number of aromatic nitrogens is 1. The maximum absolute atomic E-state index is 9.13. The van der Waals surface area contributed by atoms with Gasteiger partial charge in [-0.3, -0.25) is 0 Å². The second-order valence-electron chi connectivity index (χ2n) is 4.70. The molecule has 1 unspecified atom stereocenters. The van der Waals surface area contributed by atoms with Gasteiger partial charge in [-0.15, -0.1) is 0 Å². The monoisotopic (exact) mass is 246 g/mol. The van der Waals surface area contributed by atoms with Gasteiger partial charge in [0.2, 0.25) is 0 Å². The Labute approximate surface area is 106 Å². The lowest BCUT2D eigenvalue weighted by atomic mass is 9.97. The topological polar surface area (TPSA) is 57.3 Å². The van der Waals surface area contributed by atoms with E-state index in [4.69, 9.17) is 9.84 Å². The van der Waals surface area contributed by atoms with Gasteiger partial charge in [-0.25, -0.2) is 0 Å². The predicted molar refractivity (Wildman–Crippen MR) is 71.0 cm³/mol. The molecule has 0 aliphatic carbocycles. The van der Waals surface area contributed by atoms with Gasteiger partial charge in [-0.05, 0) is 43.1 Å². The first-order valence-electron chi connectivity index (χ1n) is 6.36. The van der Waals surface area contributed by atoms with E-state index in [1.54, 1.807) is 7.11 Å². The van der Waals surface area contributed by atoms with Crippen molar-refractivity contribution in [2.75, 3.05) is 20.3 Å². The van der Waals surface area contributed by atoms with Crippen molar-refractivity contribution in [1.82, 2.24) is 10.3 Å². The predicted octanol–water partition coefficient (Wildman–Crippen LogP) is 1.75. The number of hydrogen-bond donors (Lipinski definition) is 3. The molecule has 1 aromatic heterocycles. The molecule has 0 saturated heterocycles. The normalized spacial score (nSPS) is 18.9. The highest BCUT2D eigenvalue weighted by molar-refractivity contribution is 5.86. The molecule has 4 nitrogen and oxygen atoms in total. The third-order valence-electron chi connectivity index (χ3n) is 3.68. The highest BCUT2D eigenvalue weighted by Crippen LogP contribution is 2.33. The summed E-state index contributed by atoms with van der Waals surface area (Å²) in [5, 5.41) is 13.8. The van der Waals surface area contributed by atoms with E-state index >= 15 is 0 Å². The molecule has 96 valence electrons. The SMILES string of the molecule is COc1ccc2[nH]c3c(c2c1)CCNC3CCO. The number of aliphatic hydroxyl groups is 1. The molecule has 1 atom stereocenters. The van der Waals surface area contributed by atoms with Crippen LogP contribution >= 0.6 is 0 Å². The fourth-order valence-electron chi connectivity index (χ4n) is 2.79. The molecule has 0 spiro atoms. The number of rotatable bonds is 3. The van der Waals surface area contributed by atoms with Gasteiger partial charge in [0.1, 0.15) is 5.75 Å². The summed E-state index contributed by atoms with van der Waals surface area (Å²) < 4.78 is 5.29. The summed E-state index contributed by atoms with van der Waals surface area (Å²) in [4.78, 5) is 3.47. The van der Waals surface area contributed by atoms with E-state index in [0.29, 0.717) is 0 Å². The molecular weight excluding hydrogens is 228 g/mol. The van der Waals surface area contributed by atoms with E-state index in [1.165, 1.54) is 16.6 Å². The highest BCUT2D eigenvalue weighted by atomic mass is 16.5. The number of benzene rings is 1. The lowest BCUT2D eigenvalue weighted by molar-refractivity contribution is 0.262. The smallest absolute Gasteiger partial charge is 0.119 e. The minimum absolute atomic E-state index is 0.204. The summed E-state index contributed by atoms with van der Waals surface area (Å²) in [5.74, 6) is 0.890. The van der Waals surface area contributed by atoms with Gasteiger partial charge in [0.15, 0.2) is 0 Å². The fraction of sp³-hybridized carbons (Fsp3) is 0.429. The first-order chi connectivity index (χ1) is 8.83. The molecule has 0 amide bonds. The van der Waals surface area contributed by atoms with E-state index in [0.717, 1.165) is 30.7 Å². The fourth-order valence-corrected chi connectivity index (χ4v) is 2.79. The van der Waals surface area contributed by atoms with E-state index < -0.39 is 0 Å². The zero-order valence-electron chi connectivity index (χ0n) is 10.5. The number of aliphatic hydroxyl groups excluding tert-OH is 1. The Hall–Kier alpha value is -1.52. The van der Waals surface area contributed by atoms with Crippen molar-refractivity contribution in [1.29, 1.82) is 0 Å². The number of hydrogen-bond acceptors (Lipinski definition) is 3. The Bertz CT molecular complexity index is 562. The third kappa shape index (κ3) is 1.78. The summed E-state index contributed by atoms with van der Waals surface area (Å²) in [6.07, 6.45) is 1.77. The number of methoxy groups -OCH3 is 1. The van der Waals surface area contributed by atoms with Gasteiger partial charge in [-0.1, -0.05) is 0 Å². The number of H-pyrrole nitrogens is 1. The number of nitrogens with one attached hydrogen (secondary N) is 2. The quantitative estimate of drug-likeness (QED) is 0.773. The van der Waals surface area contributed by atoms with Crippen LogP contribution in [0.4, 0.5) is 0 Å². The van der Waals surface area contributed by atoms with Gasteiger partial charge in [0.05, 0.1) is 7.11 Å². The van der Waals surface area contributed by atoms with Crippen LogP contribution in [0.25, 0.3) is 10.9 Å². The first-order valence-corrected chi connectivity index (χ1v) is 6.36. The molecule has 2 heterocycles. The zero-order chi connectivity index (χ0) is 12.5. The van der Waals surface area contributed by atoms with Crippen LogP contribution in [0.5, 0.6) is 5.75 Å². The summed E-state index contributed by atoms with van der Waals surface area (Å²) in [7, 11) is 1.69. The molecule has 0 radical (unpaired) electrons. The number of fused-ring (bicyclic) bond motifs is 3. The third-order valence-corrected chi connectivity index (χ3v) is 3.68. The van der Waals surface area contributed by atoms with Crippen LogP contribution in [-0.2, 0) is 6.42 Å². The van der Waals surface area contributed by atoms with Gasteiger partial charge < -0.3 is 20.1 Å². The van der Waals surface area contributed by atoms with Gasteiger partial charge >= 0.3 is 0 Å². The minimum atomic E-state index is 0.204. The van der Waals surface area contributed by atoms with Crippen LogP contribution in [0.1, 0.15) is 23.7 Å². The van der Waals surface area contributed by atoms with E-state index in [2.05, 4.69) is 22.4 Å². The Morgan fingerprint density at radius 2 is 2.33 bits per heavy atom. The van der Waals surface area contributed by atoms with Crippen LogP contribution in [0.15, 0.2) is 18.2 Å². The van der Waals surface area contributed by atoms with Crippen LogP contribution in [0.3, 0.4) is 0 Å². The molecule has 3 N–H and O–H groups in total. The molecule has 1 aromatic carbocycles. The van der Waals surface area contributed by atoms with Crippen LogP contribution in [-0.4, -0.2) is 30.4 Å². The summed E-state index contributed by atoms with van der Waals surface area (Å²) in [6, 6.07) is 6.35. The average Bonchev–Trinajstić information content (AvgIpc) is 2.78. The van der Waals surface area contributed by atoms with E-state index in [9.17, 15) is 0 Å². The van der Waals surface area contributed by atoms with Gasteiger partial charge in [-0.2, -0.15) is 0 Å². The van der Waals surface area contributed by atoms with Crippen molar-refractivity contribution in [3.63, 3.8) is 0 Å². The highest BCUT2D eigenvalue weighted by Gasteiger charge is 2.23. The first kappa shape index (κ1) is 11.6. The number of aromatic amines is 1. The molecule has 18 heavy (non-hydrogen) atoms. The number of ether oxygens (including phenoxy) is 1. The lowest BCUT2D eigenvalue weighted by Gasteiger charge is -2.23. The van der Waals surface area contributed by atoms with Gasteiger partial charge in [0.25, 0.3) is 0 Å². The molecule has 0 bridgehead atoms. The second kappa shape index (κ2) is 4.63. The van der Waals surface area contributed by atoms with Crippen molar-refractivity contribution < 1.29 is 9.84 Å². The maximum atomic E-state index is 9.13. The molecule has 3 rings (SSSR count). The van der Waals surface area contributed by atoms with Crippen molar-refractivity contribution >= 4 is 10.9 Å². The summed E-state index contributed by atoms with van der Waals surface area (Å²) in [6.45, 7) is 1.16. The lowest BCUT2D eigenvalue weighted by Crippen LogP contribution is -2.30. The molecule has 1 aliphatic rings. The largest absolute Gasteiger partial charge is 0.497 e. The van der Waals surface area contributed by atoms with E-state index in [1.807, 2.05) is 6.07 Å². The van der Waals surface area contributed by atoms with Crippen LogP contribution in [0.2, 0.25) is 0 Å². The molecule has 0 saturated carbocycles. The van der Waals surface area contributed by atoms with Gasteiger partial charge in [0, 0.05) is 29.2 Å². The van der Waals surface area contributed by atoms with Crippen LogP contribution in [0, 0.1) is 0 Å². The van der Waals surface area contributed by atoms with E-state index in [-0.39, 0.29) is 12.6 Å².